The van der Waals surface area contributed by atoms with Crippen molar-refractivity contribution in [1.82, 2.24) is 19.7 Å². The van der Waals surface area contributed by atoms with Crippen LogP contribution in [0, 0.1) is 0 Å². The zero-order valence-corrected chi connectivity index (χ0v) is 13.4. The van der Waals surface area contributed by atoms with E-state index >= 15 is 0 Å². The van der Waals surface area contributed by atoms with Crippen molar-refractivity contribution in [2.24, 2.45) is 0 Å². The Morgan fingerprint density at radius 1 is 1.52 bits per heavy atom. The smallest absolute Gasteiger partial charge is 0.247 e. The summed E-state index contributed by atoms with van der Waals surface area (Å²) < 4.78 is 2.64. The van der Waals surface area contributed by atoms with E-state index in [1.54, 1.807) is 11.0 Å². The minimum Gasteiger partial charge on any atom is -0.334 e. The normalized spacial score (nSPS) is 15.7. The van der Waals surface area contributed by atoms with Gasteiger partial charge in [-0.15, -0.1) is 0 Å². The van der Waals surface area contributed by atoms with Crippen molar-refractivity contribution in [3.8, 4) is 0 Å². The number of amides is 1. The maximum atomic E-state index is 12.7. The monoisotopic (exact) mass is 348 g/mol. The first-order valence-electron chi connectivity index (χ1n) is 7.04. The van der Waals surface area contributed by atoms with Crippen LogP contribution in [0.4, 0.5) is 0 Å². The lowest BCUT2D eigenvalue weighted by molar-refractivity contribution is -0.135. The van der Waals surface area contributed by atoms with Gasteiger partial charge in [-0.25, -0.2) is 9.67 Å². The van der Waals surface area contributed by atoms with Crippen LogP contribution in [0.1, 0.15) is 31.4 Å². The van der Waals surface area contributed by atoms with Crippen molar-refractivity contribution < 1.29 is 4.79 Å². The molecular formula is C15H17BrN4O. The largest absolute Gasteiger partial charge is 0.334 e. The summed E-state index contributed by atoms with van der Waals surface area (Å²) in [6.45, 7) is 2.51. The molecule has 0 radical (unpaired) electrons. The van der Waals surface area contributed by atoms with Crippen molar-refractivity contribution in [3.63, 3.8) is 0 Å². The molecule has 0 N–H and O–H groups in total. The Morgan fingerprint density at radius 3 is 2.95 bits per heavy atom. The molecule has 1 atom stereocenters. The van der Waals surface area contributed by atoms with E-state index in [4.69, 9.17) is 0 Å². The first-order valence-corrected chi connectivity index (χ1v) is 7.83. The molecule has 1 aromatic heterocycles. The summed E-state index contributed by atoms with van der Waals surface area (Å²) in [6.07, 6.45) is 5.22. The topological polar surface area (TPSA) is 51.0 Å². The predicted molar refractivity (Wildman–Crippen MR) is 82.4 cm³/mol. The standard InChI is InChI=1S/C15H17BrN4O/c1-11(20-10-17-9-18-20)15(21)19(14-5-6-14)8-12-3-2-4-13(16)7-12/h2-4,7,9-11,14H,5-6,8H2,1H3. The molecule has 6 heteroatoms. The van der Waals surface area contributed by atoms with Crippen molar-refractivity contribution in [1.29, 1.82) is 0 Å². The van der Waals surface area contributed by atoms with Crippen molar-refractivity contribution in [3.05, 3.63) is 47.0 Å². The van der Waals surface area contributed by atoms with E-state index in [9.17, 15) is 4.79 Å². The van der Waals surface area contributed by atoms with Crippen molar-refractivity contribution in [2.45, 2.75) is 38.4 Å². The highest BCUT2D eigenvalue weighted by Gasteiger charge is 2.35. The molecule has 0 aliphatic heterocycles. The maximum Gasteiger partial charge on any atom is 0.247 e. The third kappa shape index (κ3) is 3.32. The molecule has 1 aromatic carbocycles. The van der Waals surface area contributed by atoms with Gasteiger partial charge in [0.25, 0.3) is 0 Å². The summed E-state index contributed by atoms with van der Waals surface area (Å²) >= 11 is 3.48. The first-order chi connectivity index (χ1) is 10.1. The summed E-state index contributed by atoms with van der Waals surface area (Å²) in [7, 11) is 0. The Labute approximate surface area is 132 Å². The van der Waals surface area contributed by atoms with Gasteiger partial charge in [-0.05, 0) is 37.5 Å². The minimum atomic E-state index is -0.319. The number of carbonyl (C=O) groups is 1. The lowest BCUT2D eigenvalue weighted by Crippen LogP contribution is -2.37. The van der Waals surface area contributed by atoms with Crippen LogP contribution in [0.15, 0.2) is 41.4 Å². The van der Waals surface area contributed by atoms with E-state index in [0.717, 1.165) is 22.9 Å². The molecule has 0 saturated heterocycles. The van der Waals surface area contributed by atoms with Crippen LogP contribution in [0.3, 0.4) is 0 Å². The molecule has 3 rings (SSSR count). The highest BCUT2D eigenvalue weighted by atomic mass is 79.9. The van der Waals surface area contributed by atoms with Gasteiger partial charge in [-0.2, -0.15) is 5.10 Å². The number of hydrogen-bond acceptors (Lipinski definition) is 3. The fourth-order valence-corrected chi connectivity index (χ4v) is 2.82. The Hall–Kier alpha value is -1.69. The Morgan fingerprint density at radius 2 is 2.33 bits per heavy atom. The number of benzene rings is 1. The summed E-state index contributed by atoms with van der Waals surface area (Å²) in [6, 6.07) is 8.14. The highest BCUT2D eigenvalue weighted by molar-refractivity contribution is 9.10. The number of carbonyl (C=O) groups excluding carboxylic acids is 1. The molecule has 1 aliphatic rings. The van der Waals surface area contributed by atoms with Crippen LogP contribution in [-0.2, 0) is 11.3 Å². The molecule has 0 spiro atoms. The van der Waals surface area contributed by atoms with E-state index in [-0.39, 0.29) is 11.9 Å². The quantitative estimate of drug-likeness (QED) is 0.834. The molecule has 1 fully saturated rings. The third-order valence-electron chi connectivity index (χ3n) is 3.70. The summed E-state index contributed by atoms with van der Waals surface area (Å²) in [5.41, 5.74) is 1.13. The SMILES string of the molecule is CC(C(=O)N(Cc1cccc(Br)c1)C1CC1)n1cncn1. The fourth-order valence-electron chi connectivity index (χ4n) is 2.38. The number of hydrogen-bond donors (Lipinski definition) is 0. The lowest BCUT2D eigenvalue weighted by atomic mass is 10.2. The zero-order valence-electron chi connectivity index (χ0n) is 11.8. The summed E-state index contributed by atoms with van der Waals surface area (Å²) in [4.78, 5) is 18.6. The average Bonchev–Trinajstić information content (AvgIpc) is 3.17. The fraction of sp³-hybridized carbons (Fsp3) is 0.400. The van der Waals surface area contributed by atoms with Crippen LogP contribution < -0.4 is 0 Å². The van der Waals surface area contributed by atoms with E-state index in [2.05, 4.69) is 32.1 Å². The van der Waals surface area contributed by atoms with Gasteiger partial charge in [0.2, 0.25) is 5.91 Å². The molecule has 1 saturated carbocycles. The summed E-state index contributed by atoms with van der Waals surface area (Å²) in [5, 5.41) is 4.07. The van der Waals surface area contributed by atoms with Crippen LogP contribution in [0.2, 0.25) is 0 Å². The first kappa shape index (κ1) is 14.3. The van der Waals surface area contributed by atoms with Crippen molar-refractivity contribution >= 4 is 21.8 Å². The molecule has 1 unspecified atom stereocenters. The van der Waals surface area contributed by atoms with Crippen LogP contribution >= 0.6 is 15.9 Å². The van der Waals surface area contributed by atoms with Gasteiger partial charge in [0.15, 0.2) is 0 Å². The van der Waals surface area contributed by atoms with Crippen LogP contribution in [-0.4, -0.2) is 31.6 Å². The van der Waals surface area contributed by atoms with Gasteiger partial charge in [0.05, 0.1) is 0 Å². The molecule has 1 aliphatic carbocycles. The van der Waals surface area contributed by atoms with E-state index < -0.39 is 0 Å². The molecular weight excluding hydrogens is 332 g/mol. The van der Waals surface area contributed by atoms with Crippen LogP contribution in [0.25, 0.3) is 0 Å². The third-order valence-corrected chi connectivity index (χ3v) is 4.20. The second-order valence-corrected chi connectivity index (χ2v) is 6.29. The molecule has 1 amide bonds. The van der Waals surface area contributed by atoms with Crippen LogP contribution in [0.5, 0.6) is 0 Å². The molecule has 5 nitrogen and oxygen atoms in total. The Balaban J connectivity index is 1.77. The second-order valence-electron chi connectivity index (χ2n) is 5.38. The van der Waals surface area contributed by atoms with Gasteiger partial charge in [-0.3, -0.25) is 4.79 Å². The number of halogens is 1. The Kier molecular flexibility index (Phi) is 4.05. The number of nitrogens with zero attached hydrogens (tertiary/aromatic N) is 4. The molecule has 2 aromatic rings. The van der Waals surface area contributed by atoms with E-state index in [1.165, 1.54) is 6.33 Å². The molecule has 21 heavy (non-hydrogen) atoms. The van der Waals surface area contributed by atoms with Gasteiger partial charge in [-0.1, -0.05) is 28.1 Å². The van der Waals surface area contributed by atoms with Gasteiger partial charge in [0.1, 0.15) is 18.7 Å². The van der Waals surface area contributed by atoms with Crippen molar-refractivity contribution in [2.75, 3.05) is 0 Å². The van der Waals surface area contributed by atoms with Gasteiger partial charge < -0.3 is 4.90 Å². The van der Waals surface area contributed by atoms with Gasteiger partial charge >= 0.3 is 0 Å². The van der Waals surface area contributed by atoms with E-state index in [0.29, 0.717) is 12.6 Å². The number of rotatable bonds is 5. The van der Waals surface area contributed by atoms with Gasteiger partial charge in [0, 0.05) is 17.1 Å². The highest BCUT2D eigenvalue weighted by Crippen LogP contribution is 2.30. The average molecular weight is 349 g/mol. The predicted octanol–water partition coefficient (Wildman–Crippen LogP) is 2.79. The maximum absolute atomic E-state index is 12.7. The van der Waals surface area contributed by atoms with E-state index in [1.807, 2.05) is 30.0 Å². The minimum absolute atomic E-state index is 0.1000. The summed E-state index contributed by atoms with van der Waals surface area (Å²) in [5.74, 6) is 0.1000. The molecule has 110 valence electrons. The second kappa shape index (κ2) is 5.97. The molecule has 0 bridgehead atoms. The zero-order chi connectivity index (χ0) is 14.8. The lowest BCUT2D eigenvalue weighted by Gasteiger charge is -2.26. The Bertz CT molecular complexity index is 624. The molecule has 1 heterocycles. The number of aromatic nitrogens is 3.